The minimum absolute atomic E-state index is 0.308. The number of hydrogen-bond acceptors (Lipinski definition) is 5. The number of unbranched alkanes of at least 4 members (excludes halogenated alkanes) is 1. The molecule has 0 radical (unpaired) electrons. The largest absolute Gasteiger partial charge is 0.494 e. The van der Waals surface area contributed by atoms with Crippen LogP contribution in [0, 0.1) is 0 Å². The Hall–Kier alpha value is -3.08. The Labute approximate surface area is 153 Å². The van der Waals surface area contributed by atoms with Crippen molar-refractivity contribution in [3.05, 3.63) is 66.2 Å². The zero-order valence-electron chi connectivity index (χ0n) is 15.0. The van der Waals surface area contributed by atoms with E-state index in [0.29, 0.717) is 29.2 Å². The molecule has 2 aromatic rings. The van der Waals surface area contributed by atoms with E-state index >= 15 is 0 Å². The molecule has 0 bridgehead atoms. The molecule has 0 aromatic heterocycles. The lowest BCUT2D eigenvalue weighted by Crippen LogP contribution is -2.09. The average Bonchev–Trinajstić information content (AvgIpc) is 2.64. The Morgan fingerprint density at radius 3 is 1.96 bits per heavy atom. The average molecular weight is 354 g/mol. The molecule has 0 amide bonds. The zero-order valence-corrected chi connectivity index (χ0v) is 15.0. The maximum absolute atomic E-state index is 12.2. The van der Waals surface area contributed by atoms with Crippen LogP contribution in [0.5, 0.6) is 17.2 Å². The topological polar surface area (TPSA) is 61.8 Å². The van der Waals surface area contributed by atoms with Crippen LogP contribution >= 0.6 is 0 Å². The van der Waals surface area contributed by atoms with Gasteiger partial charge in [0.1, 0.15) is 17.2 Å². The number of carbonyl (C=O) groups is 2. The molecule has 26 heavy (non-hydrogen) atoms. The summed E-state index contributed by atoms with van der Waals surface area (Å²) in [6, 6.07) is 13.0. The first-order chi connectivity index (χ1) is 12.5. The van der Waals surface area contributed by atoms with Crippen molar-refractivity contribution < 1.29 is 23.8 Å². The van der Waals surface area contributed by atoms with E-state index in [1.165, 1.54) is 0 Å². The molecule has 0 saturated heterocycles. The molecule has 0 aliphatic heterocycles. The Morgan fingerprint density at radius 2 is 1.42 bits per heavy atom. The highest BCUT2D eigenvalue weighted by Gasteiger charge is 2.10. The predicted octanol–water partition coefficient (Wildman–Crippen LogP) is 4.57. The molecular formula is C21H22O5. The smallest absolute Gasteiger partial charge is 0.343 e. The Bertz CT molecular complexity index is 760. The first-order valence-corrected chi connectivity index (χ1v) is 8.42. The van der Waals surface area contributed by atoms with E-state index in [1.807, 2.05) is 0 Å². The molecule has 2 aromatic carbocycles. The summed E-state index contributed by atoms with van der Waals surface area (Å²) in [5.41, 5.74) is 0.730. The molecule has 5 nitrogen and oxygen atoms in total. The number of rotatable bonds is 8. The van der Waals surface area contributed by atoms with Gasteiger partial charge in [-0.3, -0.25) is 0 Å². The van der Waals surface area contributed by atoms with Crippen molar-refractivity contribution in [3.8, 4) is 17.2 Å². The lowest BCUT2D eigenvalue weighted by molar-refractivity contribution is -0.130. The summed E-state index contributed by atoms with van der Waals surface area (Å²) in [5, 5.41) is 0. The molecular weight excluding hydrogens is 332 g/mol. The monoisotopic (exact) mass is 354 g/mol. The molecule has 0 atom stereocenters. The van der Waals surface area contributed by atoms with Crippen molar-refractivity contribution >= 4 is 11.9 Å². The predicted molar refractivity (Wildman–Crippen MR) is 98.7 cm³/mol. The van der Waals surface area contributed by atoms with Gasteiger partial charge in [-0.1, -0.05) is 19.9 Å². The van der Waals surface area contributed by atoms with Gasteiger partial charge in [0.25, 0.3) is 0 Å². The molecule has 5 heteroatoms. The maximum atomic E-state index is 12.2. The molecule has 0 heterocycles. The number of carbonyl (C=O) groups excluding carboxylic acids is 2. The van der Waals surface area contributed by atoms with Crippen LogP contribution in [-0.2, 0) is 4.79 Å². The standard InChI is InChI=1S/C21H22O5/c1-4-5-14-24-17-8-6-16(7-9-17)21(23)26-19-12-10-18(11-13-19)25-20(22)15(2)3/h6-13H,2,4-5,14H2,1,3H3. The third-order valence-corrected chi connectivity index (χ3v) is 3.45. The lowest BCUT2D eigenvalue weighted by atomic mass is 10.2. The maximum Gasteiger partial charge on any atom is 0.343 e. The van der Waals surface area contributed by atoms with Gasteiger partial charge in [-0.15, -0.1) is 0 Å². The fraction of sp³-hybridized carbons (Fsp3) is 0.238. The van der Waals surface area contributed by atoms with Crippen molar-refractivity contribution in [2.24, 2.45) is 0 Å². The van der Waals surface area contributed by atoms with Gasteiger partial charge in [0, 0.05) is 5.57 Å². The van der Waals surface area contributed by atoms with Crippen molar-refractivity contribution in [3.63, 3.8) is 0 Å². The van der Waals surface area contributed by atoms with Gasteiger partial charge >= 0.3 is 11.9 Å². The third-order valence-electron chi connectivity index (χ3n) is 3.45. The van der Waals surface area contributed by atoms with Crippen LogP contribution in [0.2, 0.25) is 0 Å². The molecule has 0 fully saturated rings. The second kappa shape index (κ2) is 9.42. The molecule has 0 aliphatic carbocycles. The number of hydrogen-bond donors (Lipinski definition) is 0. The summed E-state index contributed by atoms with van der Waals surface area (Å²) in [5.74, 6) is 0.450. The van der Waals surface area contributed by atoms with E-state index in [4.69, 9.17) is 14.2 Å². The van der Waals surface area contributed by atoms with Gasteiger partial charge in [-0.25, -0.2) is 9.59 Å². The van der Waals surface area contributed by atoms with Crippen LogP contribution in [-0.4, -0.2) is 18.5 Å². The highest BCUT2D eigenvalue weighted by atomic mass is 16.5. The lowest BCUT2D eigenvalue weighted by Gasteiger charge is -2.08. The van der Waals surface area contributed by atoms with Crippen LogP contribution in [0.3, 0.4) is 0 Å². The quantitative estimate of drug-likeness (QED) is 0.301. The SMILES string of the molecule is C=C(C)C(=O)Oc1ccc(OC(=O)c2ccc(OCCCC)cc2)cc1. The summed E-state index contributed by atoms with van der Waals surface area (Å²) in [4.78, 5) is 23.6. The molecule has 0 spiro atoms. The van der Waals surface area contributed by atoms with Gasteiger partial charge in [0.05, 0.1) is 12.2 Å². The van der Waals surface area contributed by atoms with Gasteiger partial charge in [0.2, 0.25) is 0 Å². The van der Waals surface area contributed by atoms with Crippen LogP contribution in [0.15, 0.2) is 60.7 Å². The van der Waals surface area contributed by atoms with Crippen molar-refractivity contribution in [1.82, 2.24) is 0 Å². The fourth-order valence-electron chi connectivity index (χ4n) is 1.96. The van der Waals surface area contributed by atoms with Crippen molar-refractivity contribution in [2.45, 2.75) is 26.7 Å². The van der Waals surface area contributed by atoms with Crippen LogP contribution < -0.4 is 14.2 Å². The van der Waals surface area contributed by atoms with Gasteiger partial charge < -0.3 is 14.2 Å². The van der Waals surface area contributed by atoms with Gasteiger partial charge in [0.15, 0.2) is 0 Å². The highest BCUT2D eigenvalue weighted by Crippen LogP contribution is 2.20. The minimum Gasteiger partial charge on any atom is -0.494 e. The first kappa shape index (κ1) is 19.2. The fourth-order valence-corrected chi connectivity index (χ4v) is 1.96. The molecule has 2 rings (SSSR count). The Balaban J connectivity index is 1.92. The minimum atomic E-state index is -0.504. The van der Waals surface area contributed by atoms with Crippen LogP contribution in [0.4, 0.5) is 0 Å². The molecule has 0 unspecified atom stereocenters. The summed E-state index contributed by atoms with van der Waals surface area (Å²) >= 11 is 0. The van der Waals surface area contributed by atoms with Crippen LogP contribution in [0.25, 0.3) is 0 Å². The normalized spacial score (nSPS) is 10.1. The molecule has 136 valence electrons. The van der Waals surface area contributed by atoms with E-state index in [2.05, 4.69) is 13.5 Å². The summed E-state index contributed by atoms with van der Waals surface area (Å²) < 4.78 is 16.0. The van der Waals surface area contributed by atoms with E-state index in [9.17, 15) is 9.59 Å². The van der Waals surface area contributed by atoms with Crippen molar-refractivity contribution in [2.75, 3.05) is 6.61 Å². The van der Waals surface area contributed by atoms with Crippen molar-refractivity contribution in [1.29, 1.82) is 0 Å². The summed E-state index contributed by atoms with van der Waals surface area (Å²) in [7, 11) is 0. The number of benzene rings is 2. The highest BCUT2D eigenvalue weighted by molar-refractivity contribution is 5.91. The first-order valence-electron chi connectivity index (χ1n) is 8.42. The zero-order chi connectivity index (χ0) is 18.9. The number of esters is 2. The Morgan fingerprint density at radius 1 is 0.885 bits per heavy atom. The molecule has 0 N–H and O–H groups in total. The molecule has 0 saturated carbocycles. The van der Waals surface area contributed by atoms with E-state index in [0.717, 1.165) is 18.6 Å². The second-order valence-corrected chi connectivity index (χ2v) is 5.76. The Kier molecular flexibility index (Phi) is 6.97. The summed E-state index contributed by atoms with van der Waals surface area (Å²) in [6.45, 7) is 7.84. The van der Waals surface area contributed by atoms with E-state index in [1.54, 1.807) is 55.5 Å². The van der Waals surface area contributed by atoms with E-state index < -0.39 is 11.9 Å². The summed E-state index contributed by atoms with van der Waals surface area (Å²) in [6.07, 6.45) is 2.05. The van der Waals surface area contributed by atoms with Gasteiger partial charge in [-0.2, -0.15) is 0 Å². The van der Waals surface area contributed by atoms with Gasteiger partial charge in [-0.05, 0) is 61.9 Å². The number of ether oxygens (including phenoxy) is 3. The van der Waals surface area contributed by atoms with E-state index in [-0.39, 0.29) is 0 Å². The molecule has 0 aliphatic rings. The van der Waals surface area contributed by atoms with Crippen LogP contribution in [0.1, 0.15) is 37.0 Å². The second-order valence-electron chi connectivity index (χ2n) is 5.76. The third kappa shape index (κ3) is 5.77.